The van der Waals surface area contributed by atoms with Crippen LogP contribution in [0, 0.1) is 5.92 Å². The van der Waals surface area contributed by atoms with Gasteiger partial charge in [0.2, 0.25) is 16.4 Å². The number of nitrogens with zero attached hydrogens (tertiary/aromatic N) is 2. The molecule has 0 aromatic heterocycles. The number of carbonyl (C=O) groups is 1. The summed E-state index contributed by atoms with van der Waals surface area (Å²) in [6, 6.07) is 7.79. The smallest absolute Gasteiger partial charge is 0.233 e. The molecule has 8 heteroatoms. The van der Waals surface area contributed by atoms with E-state index in [0.717, 1.165) is 6.61 Å². The van der Waals surface area contributed by atoms with E-state index in [2.05, 4.69) is 0 Å². The molecule has 1 saturated carbocycles. The molecule has 1 amide bonds. The SMILES string of the molecule is O=CN(O)C(CS(=O)(=O)N1CCC(OCC2CCCCC2)CC1)c1ccccc1. The van der Waals surface area contributed by atoms with Crippen LogP contribution in [0.2, 0.25) is 0 Å². The van der Waals surface area contributed by atoms with Crippen molar-refractivity contribution < 1.29 is 23.2 Å². The van der Waals surface area contributed by atoms with E-state index in [4.69, 9.17) is 4.74 Å². The third-order valence-electron chi connectivity index (χ3n) is 6.07. The van der Waals surface area contributed by atoms with Crippen molar-refractivity contribution in [2.45, 2.75) is 57.1 Å². The Balaban J connectivity index is 1.53. The van der Waals surface area contributed by atoms with Crippen LogP contribution in [0.1, 0.15) is 56.6 Å². The molecule has 2 aliphatic rings. The fraction of sp³-hybridized carbons (Fsp3) is 0.667. The van der Waals surface area contributed by atoms with Gasteiger partial charge < -0.3 is 4.74 Å². The summed E-state index contributed by atoms with van der Waals surface area (Å²) in [5.41, 5.74) is 0.580. The molecule has 29 heavy (non-hydrogen) atoms. The quantitative estimate of drug-likeness (QED) is 0.374. The molecule has 0 radical (unpaired) electrons. The van der Waals surface area contributed by atoms with Gasteiger partial charge in [-0.25, -0.2) is 17.8 Å². The molecule has 0 spiro atoms. The first-order chi connectivity index (χ1) is 14.0. The molecule has 0 bridgehead atoms. The third-order valence-corrected chi connectivity index (χ3v) is 7.96. The van der Waals surface area contributed by atoms with Crippen molar-refractivity contribution in [3.8, 4) is 0 Å². The maximum atomic E-state index is 12.9. The van der Waals surface area contributed by atoms with Crippen LogP contribution in [0.15, 0.2) is 30.3 Å². The van der Waals surface area contributed by atoms with Crippen molar-refractivity contribution >= 4 is 16.4 Å². The van der Waals surface area contributed by atoms with Gasteiger partial charge in [0.1, 0.15) is 0 Å². The van der Waals surface area contributed by atoms with Crippen molar-refractivity contribution in [2.24, 2.45) is 5.92 Å². The van der Waals surface area contributed by atoms with E-state index in [0.29, 0.717) is 42.5 Å². The zero-order chi connectivity index (χ0) is 20.7. The first-order valence-corrected chi connectivity index (χ1v) is 12.2. The van der Waals surface area contributed by atoms with Gasteiger partial charge in [0.25, 0.3) is 0 Å². The Morgan fingerprint density at radius 1 is 1.10 bits per heavy atom. The van der Waals surface area contributed by atoms with Crippen molar-refractivity contribution in [3.05, 3.63) is 35.9 Å². The molecule has 1 N–H and O–H groups in total. The Morgan fingerprint density at radius 2 is 1.76 bits per heavy atom. The van der Waals surface area contributed by atoms with Crippen LogP contribution in [0.5, 0.6) is 0 Å². The molecule has 3 rings (SSSR count). The minimum atomic E-state index is -3.63. The molecule has 7 nitrogen and oxygen atoms in total. The number of sulfonamides is 1. The van der Waals surface area contributed by atoms with Crippen molar-refractivity contribution in [1.29, 1.82) is 0 Å². The Kier molecular flexibility index (Phi) is 8.06. The molecule has 1 unspecified atom stereocenters. The van der Waals surface area contributed by atoms with Gasteiger partial charge in [0, 0.05) is 19.7 Å². The molecule has 2 fully saturated rings. The summed E-state index contributed by atoms with van der Waals surface area (Å²) in [4.78, 5) is 11.1. The maximum absolute atomic E-state index is 12.9. The zero-order valence-corrected chi connectivity index (χ0v) is 17.7. The first-order valence-electron chi connectivity index (χ1n) is 10.6. The first kappa shape index (κ1) is 22.2. The van der Waals surface area contributed by atoms with E-state index in [9.17, 15) is 18.4 Å². The minimum Gasteiger partial charge on any atom is -0.378 e. The number of piperidine rings is 1. The fourth-order valence-corrected chi connectivity index (χ4v) is 6.00. The summed E-state index contributed by atoms with van der Waals surface area (Å²) in [5, 5.41) is 10.4. The Hall–Kier alpha value is -1.48. The monoisotopic (exact) mass is 424 g/mol. The standard InChI is InChI=1S/C21H32N2O5S/c24-17-23(25)21(19-9-5-2-6-10-19)16-29(26,27)22-13-11-20(12-14-22)28-15-18-7-3-1-4-8-18/h2,5-6,9-10,17-18,20-21,25H,1,3-4,7-8,11-16H2. The highest BCUT2D eigenvalue weighted by Crippen LogP contribution is 2.27. The van der Waals surface area contributed by atoms with Gasteiger partial charge in [-0.3, -0.25) is 10.0 Å². The van der Waals surface area contributed by atoms with E-state index in [1.165, 1.54) is 36.4 Å². The molecule has 1 aromatic rings. The number of amides is 1. The lowest BCUT2D eigenvalue weighted by molar-refractivity contribution is -0.159. The number of hydroxylamine groups is 2. The van der Waals surface area contributed by atoms with E-state index in [-0.39, 0.29) is 18.3 Å². The minimum absolute atomic E-state index is 0.109. The van der Waals surface area contributed by atoms with Gasteiger partial charge in [-0.2, -0.15) is 0 Å². The molecular weight excluding hydrogens is 392 g/mol. The largest absolute Gasteiger partial charge is 0.378 e. The second-order valence-corrected chi connectivity index (χ2v) is 10.1. The van der Waals surface area contributed by atoms with Crippen LogP contribution >= 0.6 is 0 Å². The highest BCUT2D eigenvalue weighted by Gasteiger charge is 2.33. The summed E-state index contributed by atoms with van der Waals surface area (Å²) < 4.78 is 33.4. The van der Waals surface area contributed by atoms with Crippen molar-refractivity contribution in [2.75, 3.05) is 25.4 Å². The average Bonchev–Trinajstić information content (AvgIpc) is 2.77. The van der Waals surface area contributed by atoms with Crippen molar-refractivity contribution in [3.63, 3.8) is 0 Å². The van der Waals surface area contributed by atoms with Crippen LogP contribution in [0.3, 0.4) is 0 Å². The number of hydrogen-bond donors (Lipinski definition) is 1. The van der Waals surface area contributed by atoms with Gasteiger partial charge in [0.05, 0.1) is 17.9 Å². The van der Waals surface area contributed by atoms with Crippen LogP contribution < -0.4 is 0 Å². The second kappa shape index (κ2) is 10.5. The predicted octanol–water partition coefficient (Wildman–Crippen LogP) is 2.97. The summed E-state index contributed by atoms with van der Waals surface area (Å²) in [6.07, 6.45) is 8.09. The number of carbonyl (C=O) groups excluding carboxylic acids is 1. The molecule has 1 heterocycles. The Bertz CT molecular complexity index is 729. The van der Waals surface area contributed by atoms with Crippen LogP contribution in [-0.4, -0.2) is 61.0 Å². The molecule has 162 valence electrons. The molecule has 1 saturated heterocycles. The van der Waals surface area contributed by atoms with Gasteiger partial charge in [-0.1, -0.05) is 49.6 Å². The molecule has 1 aliphatic carbocycles. The molecule has 1 aromatic carbocycles. The highest BCUT2D eigenvalue weighted by molar-refractivity contribution is 7.89. The normalized spacial score (nSPS) is 21.0. The van der Waals surface area contributed by atoms with Crippen LogP contribution in [-0.2, 0) is 19.6 Å². The number of hydrogen-bond acceptors (Lipinski definition) is 5. The molecular formula is C21H32N2O5S. The van der Waals surface area contributed by atoms with Crippen LogP contribution in [0.25, 0.3) is 0 Å². The lowest BCUT2D eigenvalue weighted by Gasteiger charge is -2.33. The summed E-state index contributed by atoms with van der Waals surface area (Å²) in [7, 11) is -3.63. The highest BCUT2D eigenvalue weighted by atomic mass is 32.2. The second-order valence-electron chi connectivity index (χ2n) is 8.13. The van der Waals surface area contributed by atoms with Crippen molar-refractivity contribution in [1.82, 2.24) is 9.37 Å². The number of benzene rings is 1. The lowest BCUT2D eigenvalue weighted by atomic mass is 9.90. The average molecular weight is 425 g/mol. The van der Waals surface area contributed by atoms with Gasteiger partial charge >= 0.3 is 0 Å². The Morgan fingerprint density at radius 3 is 2.38 bits per heavy atom. The van der Waals surface area contributed by atoms with Gasteiger partial charge in [0.15, 0.2) is 0 Å². The van der Waals surface area contributed by atoms with E-state index >= 15 is 0 Å². The molecule has 1 atom stereocenters. The summed E-state index contributed by atoms with van der Waals surface area (Å²) >= 11 is 0. The van der Waals surface area contributed by atoms with E-state index in [1.807, 2.05) is 0 Å². The Labute approximate surface area is 173 Å². The third kappa shape index (κ3) is 6.25. The summed E-state index contributed by atoms with van der Waals surface area (Å²) in [6.45, 7) is 1.60. The zero-order valence-electron chi connectivity index (χ0n) is 16.9. The lowest BCUT2D eigenvalue weighted by Crippen LogP contribution is -2.44. The number of ether oxygens (including phenoxy) is 1. The van der Waals surface area contributed by atoms with Gasteiger partial charge in [-0.15, -0.1) is 0 Å². The molecule has 1 aliphatic heterocycles. The number of rotatable bonds is 9. The van der Waals surface area contributed by atoms with E-state index < -0.39 is 16.1 Å². The van der Waals surface area contributed by atoms with Crippen LogP contribution in [0.4, 0.5) is 0 Å². The fourth-order valence-electron chi connectivity index (χ4n) is 4.28. The predicted molar refractivity (Wildman–Crippen MR) is 110 cm³/mol. The van der Waals surface area contributed by atoms with Gasteiger partial charge in [-0.05, 0) is 37.2 Å². The summed E-state index contributed by atoms with van der Waals surface area (Å²) in [5.74, 6) is 0.302. The topological polar surface area (TPSA) is 87.2 Å². The maximum Gasteiger partial charge on any atom is 0.233 e. The van der Waals surface area contributed by atoms with E-state index in [1.54, 1.807) is 30.3 Å².